The number of hydrogen-bond acceptors (Lipinski definition) is 3. The van der Waals surface area contributed by atoms with Crippen LogP contribution in [0.15, 0.2) is 0 Å². The first-order valence-corrected chi connectivity index (χ1v) is 3.18. The zero-order valence-electron chi connectivity index (χ0n) is 6.33. The highest BCUT2D eigenvalue weighted by Crippen LogP contribution is 1.99. The molecule has 0 amide bonds. The van der Waals surface area contributed by atoms with Crippen molar-refractivity contribution in [2.75, 3.05) is 13.6 Å². The van der Waals surface area contributed by atoms with E-state index in [1.807, 2.05) is 13.8 Å². The molecule has 0 aromatic heterocycles. The van der Waals surface area contributed by atoms with E-state index < -0.39 is 0 Å². The third-order valence-electron chi connectivity index (χ3n) is 1.24. The van der Waals surface area contributed by atoms with Gasteiger partial charge in [-0.15, -0.1) is 0 Å². The van der Waals surface area contributed by atoms with Gasteiger partial charge in [0.1, 0.15) is 0 Å². The van der Waals surface area contributed by atoms with Crippen LogP contribution in [0, 0.1) is 5.92 Å². The number of hydrogen-bond donors (Lipinski definition) is 2. The van der Waals surface area contributed by atoms with Gasteiger partial charge in [0.2, 0.25) is 0 Å². The van der Waals surface area contributed by atoms with Crippen LogP contribution in [0.4, 0.5) is 0 Å². The summed E-state index contributed by atoms with van der Waals surface area (Å²) in [5.41, 5.74) is 0. The van der Waals surface area contributed by atoms with Gasteiger partial charge in [-0.25, -0.2) is 5.01 Å². The number of nitrogens with two attached hydrogens (primary N) is 1. The summed E-state index contributed by atoms with van der Waals surface area (Å²) in [5, 5.41) is 10.7. The lowest BCUT2D eigenvalue weighted by molar-refractivity contribution is 0.0865. The number of nitrogens with zero attached hydrogens (tertiary/aromatic N) is 1. The molecule has 0 radical (unpaired) electrons. The highest BCUT2D eigenvalue weighted by molar-refractivity contribution is 4.60. The Morgan fingerprint density at radius 3 is 2.11 bits per heavy atom. The van der Waals surface area contributed by atoms with E-state index in [0.717, 1.165) is 0 Å². The number of rotatable bonds is 3. The van der Waals surface area contributed by atoms with Crippen LogP contribution in [0.3, 0.4) is 0 Å². The molecule has 0 saturated heterocycles. The molecule has 0 spiro atoms. The first-order chi connectivity index (χ1) is 4.04. The Balaban J connectivity index is 3.38. The van der Waals surface area contributed by atoms with Crippen molar-refractivity contribution in [1.82, 2.24) is 5.01 Å². The second-order valence-electron chi connectivity index (χ2n) is 2.75. The topological polar surface area (TPSA) is 49.5 Å². The van der Waals surface area contributed by atoms with Crippen molar-refractivity contribution in [3.8, 4) is 0 Å². The molecule has 0 aliphatic heterocycles. The highest BCUT2D eigenvalue weighted by Gasteiger charge is 2.08. The number of aliphatic hydroxyl groups is 1. The Hall–Kier alpha value is -0.120. The molecular formula is C6H16N2O. The fourth-order valence-electron chi connectivity index (χ4n) is 0.506. The van der Waals surface area contributed by atoms with Crippen LogP contribution in [0.5, 0.6) is 0 Å². The molecule has 9 heavy (non-hydrogen) atoms. The van der Waals surface area contributed by atoms with E-state index in [4.69, 9.17) is 5.84 Å². The van der Waals surface area contributed by atoms with Crippen LogP contribution < -0.4 is 5.84 Å². The predicted molar refractivity (Wildman–Crippen MR) is 37.7 cm³/mol. The second-order valence-corrected chi connectivity index (χ2v) is 2.75. The Labute approximate surface area is 56.4 Å². The third kappa shape index (κ3) is 4.39. The molecule has 0 bridgehead atoms. The van der Waals surface area contributed by atoms with Gasteiger partial charge in [-0.05, 0) is 5.92 Å². The van der Waals surface area contributed by atoms with Gasteiger partial charge in [0, 0.05) is 13.6 Å². The Bertz CT molecular complexity index is 73.5. The fourth-order valence-corrected chi connectivity index (χ4v) is 0.506. The van der Waals surface area contributed by atoms with Gasteiger partial charge in [0.05, 0.1) is 6.10 Å². The molecule has 1 atom stereocenters. The summed E-state index contributed by atoms with van der Waals surface area (Å²) >= 11 is 0. The lowest BCUT2D eigenvalue weighted by Gasteiger charge is -2.18. The van der Waals surface area contributed by atoms with Crippen LogP contribution in [0.25, 0.3) is 0 Å². The minimum Gasteiger partial charge on any atom is -0.391 e. The standard InChI is InChI=1S/C6H16N2O/c1-5(2)6(9)4-8(3)7/h5-6,9H,4,7H2,1-3H3. The molecule has 0 fully saturated rings. The summed E-state index contributed by atoms with van der Waals surface area (Å²) in [6.07, 6.45) is -0.306. The molecule has 0 saturated carbocycles. The molecule has 0 aliphatic rings. The van der Waals surface area contributed by atoms with E-state index in [2.05, 4.69) is 0 Å². The number of hydrazine groups is 1. The maximum absolute atomic E-state index is 9.18. The third-order valence-corrected chi connectivity index (χ3v) is 1.24. The van der Waals surface area contributed by atoms with E-state index in [0.29, 0.717) is 6.54 Å². The van der Waals surface area contributed by atoms with Gasteiger partial charge in [-0.3, -0.25) is 5.84 Å². The number of aliphatic hydroxyl groups excluding tert-OH is 1. The lowest BCUT2D eigenvalue weighted by Crippen LogP contribution is -2.36. The molecule has 0 aromatic carbocycles. The van der Waals surface area contributed by atoms with E-state index in [9.17, 15) is 5.11 Å². The lowest BCUT2D eigenvalue weighted by atomic mass is 10.1. The van der Waals surface area contributed by atoms with E-state index in [-0.39, 0.29) is 12.0 Å². The molecule has 3 heteroatoms. The zero-order valence-corrected chi connectivity index (χ0v) is 6.33. The average Bonchev–Trinajstić information content (AvgIpc) is 1.63. The van der Waals surface area contributed by atoms with Crippen molar-refractivity contribution >= 4 is 0 Å². The molecule has 0 aliphatic carbocycles. The Morgan fingerprint density at radius 2 is 2.00 bits per heavy atom. The summed E-state index contributed by atoms with van der Waals surface area (Å²) in [4.78, 5) is 0. The summed E-state index contributed by atoms with van der Waals surface area (Å²) in [6, 6.07) is 0. The fraction of sp³-hybridized carbons (Fsp3) is 1.00. The van der Waals surface area contributed by atoms with Crippen molar-refractivity contribution in [2.24, 2.45) is 11.8 Å². The van der Waals surface area contributed by atoms with E-state index in [1.165, 1.54) is 5.01 Å². The van der Waals surface area contributed by atoms with Gasteiger partial charge >= 0.3 is 0 Å². The van der Waals surface area contributed by atoms with Crippen LogP contribution >= 0.6 is 0 Å². The summed E-state index contributed by atoms with van der Waals surface area (Å²) in [5.74, 6) is 5.59. The van der Waals surface area contributed by atoms with Crippen molar-refractivity contribution in [2.45, 2.75) is 20.0 Å². The molecule has 56 valence electrons. The molecule has 3 N–H and O–H groups in total. The maximum atomic E-state index is 9.18. The minimum atomic E-state index is -0.306. The van der Waals surface area contributed by atoms with Crippen molar-refractivity contribution < 1.29 is 5.11 Å². The second kappa shape index (κ2) is 3.82. The first kappa shape index (κ1) is 8.88. The monoisotopic (exact) mass is 132 g/mol. The van der Waals surface area contributed by atoms with Crippen LogP contribution in [0.1, 0.15) is 13.8 Å². The minimum absolute atomic E-state index is 0.288. The van der Waals surface area contributed by atoms with Gasteiger partial charge in [-0.2, -0.15) is 0 Å². The van der Waals surface area contributed by atoms with Gasteiger partial charge in [0.25, 0.3) is 0 Å². The highest BCUT2D eigenvalue weighted by atomic mass is 16.3. The van der Waals surface area contributed by atoms with Crippen LogP contribution in [-0.4, -0.2) is 29.8 Å². The Morgan fingerprint density at radius 1 is 1.56 bits per heavy atom. The summed E-state index contributed by atoms with van der Waals surface area (Å²) < 4.78 is 0. The zero-order chi connectivity index (χ0) is 7.44. The first-order valence-electron chi connectivity index (χ1n) is 3.18. The van der Waals surface area contributed by atoms with Gasteiger partial charge in [-0.1, -0.05) is 13.8 Å². The molecule has 0 aromatic rings. The predicted octanol–water partition coefficient (Wildman–Crippen LogP) is -0.191. The van der Waals surface area contributed by atoms with E-state index in [1.54, 1.807) is 7.05 Å². The molecule has 0 rings (SSSR count). The van der Waals surface area contributed by atoms with Crippen LogP contribution in [-0.2, 0) is 0 Å². The smallest absolute Gasteiger partial charge is 0.0703 e. The van der Waals surface area contributed by atoms with Crippen molar-refractivity contribution in [3.63, 3.8) is 0 Å². The molecule has 1 unspecified atom stereocenters. The van der Waals surface area contributed by atoms with Crippen molar-refractivity contribution in [3.05, 3.63) is 0 Å². The largest absolute Gasteiger partial charge is 0.391 e. The van der Waals surface area contributed by atoms with Crippen LogP contribution in [0.2, 0.25) is 0 Å². The van der Waals surface area contributed by atoms with E-state index >= 15 is 0 Å². The van der Waals surface area contributed by atoms with Crippen molar-refractivity contribution in [1.29, 1.82) is 0 Å². The molecule has 3 nitrogen and oxygen atoms in total. The van der Waals surface area contributed by atoms with Gasteiger partial charge < -0.3 is 5.11 Å². The SMILES string of the molecule is CC(C)C(O)CN(C)N. The summed E-state index contributed by atoms with van der Waals surface area (Å²) in [7, 11) is 1.74. The maximum Gasteiger partial charge on any atom is 0.0703 e. The Kier molecular flexibility index (Phi) is 3.77. The normalized spacial score (nSPS) is 15.0. The molecular weight excluding hydrogens is 116 g/mol. The molecule has 0 heterocycles. The number of likely N-dealkylation sites (N-methyl/N-ethyl adjacent to an activating group) is 1. The summed E-state index contributed by atoms with van der Waals surface area (Å²) in [6.45, 7) is 4.47. The van der Waals surface area contributed by atoms with Gasteiger partial charge in [0.15, 0.2) is 0 Å². The quantitative estimate of drug-likeness (QED) is 0.413. The average molecular weight is 132 g/mol.